The first-order valence-corrected chi connectivity index (χ1v) is 1.12. The van der Waals surface area contributed by atoms with Crippen molar-refractivity contribution in [3.05, 3.63) is 0 Å². The molecule has 0 atom stereocenters. The van der Waals surface area contributed by atoms with Gasteiger partial charge in [-0.2, -0.15) is 0 Å². The first-order chi connectivity index (χ1) is 2.50. The molecule has 0 aromatic heterocycles. The van der Waals surface area contributed by atoms with Gasteiger partial charge in [0, 0.05) is 0 Å². The van der Waals surface area contributed by atoms with Gasteiger partial charge in [-0.3, -0.25) is 0 Å². The first kappa shape index (κ1) is 2.38. The van der Waals surface area contributed by atoms with Crippen molar-refractivity contribution in [3.8, 4) is 0 Å². The van der Waals surface area contributed by atoms with Crippen molar-refractivity contribution >= 4 is 12.8 Å². The van der Waals surface area contributed by atoms with Crippen LogP contribution in [-0.2, 0) is 4.74 Å². The normalized spacial score (nSPS) is 16.0. The molecule has 0 aromatic rings. The maximum Gasteiger partial charge on any atom is 0.441 e. The van der Waals surface area contributed by atoms with Crippen LogP contribution in [0.15, 0.2) is 5.10 Å². The second kappa shape index (κ2) is 0.839. The number of nitrogens with zero attached hydrogens (tertiary/aromatic N) is 2. The summed E-state index contributed by atoms with van der Waals surface area (Å²) in [6.45, 7) is 0. The molecule has 0 N–H and O–H groups in total. The highest BCUT2D eigenvalue weighted by Crippen LogP contribution is 1.61. The van der Waals surface area contributed by atoms with Gasteiger partial charge in [0.15, 0.2) is 0 Å². The zero-order valence-electron chi connectivity index (χ0n) is 2.38. The molecule has 0 spiro atoms. The van der Waals surface area contributed by atoms with Crippen molar-refractivity contribution in [1.82, 2.24) is 5.10 Å². The fraction of sp³-hybridized carbons (Fsp3) is 0. The lowest BCUT2D eigenvalue weighted by molar-refractivity contribution is 0.610. The maximum atomic E-state index is 4.24. The molecule has 5 heavy (non-hydrogen) atoms. The van der Waals surface area contributed by atoms with E-state index in [1.807, 2.05) is 0 Å². The van der Waals surface area contributed by atoms with E-state index >= 15 is 0 Å². The number of hydrogen-bond acceptors (Lipinski definition) is 3. The number of ether oxygens (including phenoxy) is 1. The molecule has 1 heterocycles. The Morgan fingerprint density at radius 1 is 2.00 bits per heavy atom. The summed E-state index contributed by atoms with van der Waals surface area (Å²) >= 11 is 0. The lowest BCUT2D eigenvalue weighted by Gasteiger charge is -1.52. The summed E-state index contributed by atoms with van der Waals surface area (Å²) in [5, 5.41) is 6.43. The van der Waals surface area contributed by atoms with Gasteiger partial charge in [0.2, 0.25) is 5.10 Å². The Kier molecular flexibility index (Phi) is 0.400. The molecule has 0 aliphatic carbocycles. The molecule has 0 aromatic carbocycles. The standard InChI is InChI=1S/C2HN2O/c1-3-4-2-5-1/h1H/q+1. The summed E-state index contributed by atoms with van der Waals surface area (Å²) in [6, 6.07) is 0. The van der Waals surface area contributed by atoms with E-state index in [4.69, 9.17) is 0 Å². The van der Waals surface area contributed by atoms with Gasteiger partial charge in [-0.1, -0.05) is 0 Å². The topological polar surface area (TPSA) is 35.7 Å². The van der Waals surface area contributed by atoms with Crippen LogP contribution in [0.1, 0.15) is 0 Å². The number of hydrogen-bond donors (Lipinski definition) is 0. The van der Waals surface area contributed by atoms with Gasteiger partial charge in [-0.15, -0.1) is 0 Å². The molecule has 24 valence electrons. The first-order valence-electron chi connectivity index (χ1n) is 1.12. The summed E-state index contributed by atoms with van der Waals surface area (Å²) < 4.78 is 4.24. The summed E-state index contributed by atoms with van der Waals surface area (Å²) in [5.74, 6) is 0. The number of rotatable bonds is 0. The van der Waals surface area contributed by atoms with Crippen LogP contribution in [0.4, 0.5) is 0 Å². The molecule has 0 amide bonds. The van der Waals surface area contributed by atoms with E-state index in [2.05, 4.69) is 21.3 Å². The highest BCUT2D eigenvalue weighted by Gasteiger charge is 1.94. The maximum absolute atomic E-state index is 4.24. The van der Waals surface area contributed by atoms with Crippen LogP contribution < -0.4 is 5.10 Å². The third-order valence-corrected chi connectivity index (χ3v) is 0.251. The van der Waals surface area contributed by atoms with Crippen molar-refractivity contribution < 1.29 is 4.74 Å². The van der Waals surface area contributed by atoms with Crippen LogP contribution in [0.25, 0.3) is 0 Å². The average molecular weight is 69.0 g/mol. The fourth-order valence-corrected chi connectivity index (χ4v) is 0.118. The minimum absolute atomic E-state index is 1.21. The molecule has 1 aliphatic rings. The molecule has 3 heteroatoms. The third kappa shape index (κ3) is 0.238. The Morgan fingerprint density at radius 3 is 3.20 bits per heavy atom. The van der Waals surface area contributed by atoms with Gasteiger partial charge in [-0.05, 0) is 0 Å². The zero-order chi connectivity index (χ0) is 3.54. The van der Waals surface area contributed by atoms with Crippen molar-refractivity contribution in [2.45, 2.75) is 0 Å². The molecule has 1 aliphatic heterocycles. The Balaban J connectivity index is 2.61. The fourth-order valence-electron chi connectivity index (χ4n) is 0.118. The van der Waals surface area contributed by atoms with Gasteiger partial charge < -0.3 is 4.74 Å². The zero-order valence-corrected chi connectivity index (χ0v) is 2.38. The van der Waals surface area contributed by atoms with Gasteiger partial charge in [-0.25, -0.2) is 0 Å². The average Bonchev–Trinajstić information content (AvgIpc) is 1.76. The summed E-state index contributed by atoms with van der Waals surface area (Å²) in [7, 11) is 0. The predicted octanol–water partition coefficient (Wildman–Crippen LogP) is -0.799. The van der Waals surface area contributed by atoms with Crippen LogP contribution >= 0.6 is 0 Å². The molecule has 0 fully saturated rings. The lowest BCUT2D eigenvalue weighted by atomic mass is 11.4. The monoisotopic (exact) mass is 69.0 g/mol. The summed E-state index contributed by atoms with van der Waals surface area (Å²) in [6.07, 6.45) is 3.33. The highest BCUT2D eigenvalue weighted by atomic mass is 16.5. The largest absolute Gasteiger partial charge is 0.441 e. The van der Waals surface area contributed by atoms with Crippen molar-refractivity contribution in [2.75, 3.05) is 0 Å². The van der Waals surface area contributed by atoms with Gasteiger partial charge in [0.25, 0.3) is 0 Å². The molecular formula is C2HN2O+. The molecule has 2 radical (unpaired) electrons. The van der Waals surface area contributed by atoms with Crippen LogP contribution in [0.2, 0.25) is 0 Å². The van der Waals surface area contributed by atoms with E-state index in [-0.39, 0.29) is 0 Å². The highest BCUT2D eigenvalue weighted by molar-refractivity contribution is 5.66. The summed E-state index contributed by atoms with van der Waals surface area (Å²) in [5.41, 5.74) is 0. The molecule has 0 unspecified atom stereocenters. The van der Waals surface area contributed by atoms with Gasteiger partial charge >= 0.3 is 12.8 Å². The Bertz CT molecular complexity index is 65.7. The van der Waals surface area contributed by atoms with Crippen LogP contribution in [-0.4, -0.2) is 12.8 Å². The molecular weight excluding hydrogens is 68.0 g/mol. The minimum atomic E-state index is 1.21. The Morgan fingerprint density at radius 2 is 3.00 bits per heavy atom. The van der Waals surface area contributed by atoms with Gasteiger partial charge in [0.05, 0.1) is 0 Å². The van der Waals surface area contributed by atoms with E-state index in [1.165, 1.54) is 6.40 Å². The summed E-state index contributed by atoms with van der Waals surface area (Å²) in [4.78, 5) is 0. The van der Waals surface area contributed by atoms with Crippen molar-refractivity contribution in [2.24, 2.45) is 5.10 Å². The van der Waals surface area contributed by atoms with E-state index in [0.717, 1.165) is 0 Å². The predicted molar refractivity (Wildman–Crippen MR) is 16.7 cm³/mol. The smallest absolute Gasteiger partial charge is 0.374 e. The molecule has 0 saturated carbocycles. The van der Waals surface area contributed by atoms with Crippen molar-refractivity contribution in [3.63, 3.8) is 0 Å². The van der Waals surface area contributed by atoms with Gasteiger partial charge in [0.1, 0.15) is 5.10 Å². The second-order valence-corrected chi connectivity index (χ2v) is 0.530. The van der Waals surface area contributed by atoms with Crippen LogP contribution in [0, 0.1) is 0 Å². The Labute approximate surface area is 29.0 Å². The van der Waals surface area contributed by atoms with Crippen LogP contribution in [0.5, 0.6) is 0 Å². The minimum Gasteiger partial charge on any atom is -0.374 e. The van der Waals surface area contributed by atoms with Crippen molar-refractivity contribution in [1.29, 1.82) is 0 Å². The Hall–Kier alpha value is -0.860. The molecule has 0 saturated heterocycles. The lowest BCUT2D eigenvalue weighted by Crippen LogP contribution is -1.72. The second-order valence-electron chi connectivity index (χ2n) is 0.530. The molecule has 3 nitrogen and oxygen atoms in total. The third-order valence-electron chi connectivity index (χ3n) is 0.251. The molecule has 1 rings (SSSR count). The van der Waals surface area contributed by atoms with E-state index in [1.54, 1.807) is 0 Å². The van der Waals surface area contributed by atoms with E-state index in [9.17, 15) is 0 Å². The molecule has 0 bridgehead atoms. The quantitative estimate of drug-likeness (QED) is 0.367. The van der Waals surface area contributed by atoms with E-state index < -0.39 is 0 Å². The van der Waals surface area contributed by atoms with E-state index in [0.29, 0.717) is 0 Å². The van der Waals surface area contributed by atoms with Crippen LogP contribution in [0.3, 0.4) is 0 Å². The SMILES string of the molecule is [C]1=N[N+]=CO1.